The Morgan fingerprint density at radius 3 is 1.62 bits per heavy atom. The molecule has 2 aliphatic carbocycles. The molecule has 2 aromatic carbocycles. The van der Waals surface area contributed by atoms with Crippen LogP contribution in [0.25, 0.3) is 0 Å². The van der Waals surface area contributed by atoms with Gasteiger partial charge in [0.25, 0.3) is 0 Å². The van der Waals surface area contributed by atoms with Gasteiger partial charge in [-0.1, -0.05) is 52.0 Å². The highest BCUT2D eigenvalue weighted by Gasteiger charge is 2.93. The van der Waals surface area contributed by atoms with Crippen molar-refractivity contribution >= 4 is 11.9 Å². The van der Waals surface area contributed by atoms with Crippen molar-refractivity contribution in [3.8, 4) is 0 Å². The third-order valence-corrected chi connectivity index (χ3v) is 8.08. The van der Waals surface area contributed by atoms with Gasteiger partial charge in [0.2, 0.25) is 0 Å². The molecule has 7 atom stereocenters. The number of carbonyl (C=O) groups excluding carboxylic acids is 2. The largest absolute Gasteiger partial charge is 0.462 e. The molecule has 6 N–H and O–H groups in total. The predicted molar refractivity (Wildman–Crippen MR) is 143 cm³/mol. The van der Waals surface area contributed by atoms with Crippen molar-refractivity contribution in [1.29, 1.82) is 0 Å². The molecular formula is C30H38O10. The lowest BCUT2D eigenvalue weighted by atomic mass is 9.30. The number of esters is 2. The molecule has 10 nitrogen and oxygen atoms in total. The molecule has 0 aliphatic heterocycles. The first-order valence-corrected chi connectivity index (χ1v) is 13.4. The van der Waals surface area contributed by atoms with E-state index in [4.69, 9.17) is 9.47 Å². The zero-order valence-corrected chi connectivity index (χ0v) is 23.0. The van der Waals surface area contributed by atoms with Crippen molar-refractivity contribution in [3.05, 3.63) is 70.8 Å². The van der Waals surface area contributed by atoms with Gasteiger partial charge in [-0.15, -0.1) is 0 Å². The first-order valence-electron chi connectivity index (χ1n) is 13.4. The van der Waals surface area contributed by atoms with E-state index in [0.29, 0.717) is 5.56 Å². The summed E-state index contributed by atoms with van der Waals surface area (Å²) in [6.45, 7) is 7.13. The fourth-order valence-corrected chi connectivity index (χ4v) is 6.11. The summed E-state index contributed by atoms with van der Waals surface area (Å²) in [7, 11) is 0. The molecule has 0 spiro atoms. The average molecular weight is 559 g/mol. The van der Waals surface area contributed by atoms with Crippen LogP contribution in [0.1, 0.15) is 71.4 Å². The molecule has 218 valence electrons. The maximum absolute atomic E-state index is 12.3. The van der Waals surface area contributed by atoms with Crippen LogP contribution < -0.4 is 0 Å². The normalized spacial score (nSPS) is 31.6. The standard InChI is InChI=1S/C30H38O10/c1-16(2)14-39-26(34)20-9-5-18(6-10-20)23-25(33)29(37)24(28(36,22(32)13-31)30(23,29)38)19-7-11-21(12-8-19)27(35)40-15-17(3)4/h5-12,16-17,22-25,31-33,36-38H,13-15H2,1-4H3/t22-,23?,24?,25?,28+,29+,30+/m1/s1. The van der Waals surface area contributed by atoms with Gasteiger partial charge in [0.1, 0.15) is 22.9 Å². The minimum Gasteiger partial charge on any atom is -0.462 e. The predicted octanol–water partition coefficient (Wildman–Crippen LogP) is 1.11. The van der Waals surface area contributed by atoms with Crippen LogP contribution in [0.2, 0.25) is 0 Å². The number of fused-ring (bicyclic) bond motifs is 1. The van der Waals surface area contributed by atoms with Gasteiger partial charge in [0.15, 0.2) is 0 Å². The molecule has 0 aromatic heterocycles. The van der Waals surface area contributed by atoms with Crippen molar-refractivity contribution in [2.45, 2.75) is 68.5 Å². The van der Waals surface area contributed by atoms with Gasteiger partial charge in [0.05, 0.1) is 43.0 Å². The molecule has 4 rings (SSSR count). The van der Waals surface area contributed by atoms with E-state index >= 15 is 0 Å². The van der Waals surface area contributed by atoms with E-state index in [1.807, 2.05) is 27.7 Å². The van der Waals surface area contributed by atoms with Crippen molar-refractivity contribution in [1.82, 2.24) is 0 Å². The van der Waals surface area contributed by atoms with Crippen LogP contribution in [0.3, 0.4) is 0 Å². The number of ether oxygens (including phenoxy) is 2. The van der Waals surface area contributed by atoms with E-state index in [0.717, 1.165) is 0 Å². The van der Waals surface area contributed by atoms with Crippen LogP contribution >= 0.6 is 0 Å². The Labute approximate surface area is 232 Å². The summed E-state index contributed by atoms with van der Waals surface area (Å²) in [6.07, 6.45) is -3.47. The second kappa shape index (κ2) is 10.8. The van der Waals surface area contributed by atoms with Crippen LogP contribution in [-0.4, -0.2) is 91.4 Å². The van der Waals surface area contributed by atoms with Crippen LogP contribution in [0.15, 0.2) is 48.5 Å². The molecule has 0 amide bonds. The van der Waals surface area contributed by atoms with Gasteiger partial charge in [-0.2, -0.15) is 0 Å². The highest BCUT2D eigenvalue weighted by Crippen LogP contribution is 2.75. The summed E-state index contributed by atoms with van der Waals surface area (Å²) in [6, 6.07) is 11.5. The van der Waals surface area contributed by atoms with Crippen molar-refractivity contribution in [2.24, 2.45) is 11.8 Å². The SMILES string of the molecule is CC(C)COC(=O)c1ccc(C2C(O)[C@@]3(O)C(c4ccc(C(=O)OCC(C)C)cc4)[C@@](O)([C@H](O)CO)[C@@]23O)cc1. The summed E-state index contributed by atoms with van der Waals surface area (Å²) >= 11 is 0. The molecule has 2 aromatic rings. The maximum atomic E-state index is 12.3. The highest BCUT2D eigenvalue weighted by atomic mass is 16.5. The first-order chi connectivity index (χ1) is 18.7. The summed E-state index contributed by atoms with van der Waals surface area (Å²) in [5.74, 6) is -3.48. The third kappa shape index (κ3) is 4.34. The number of aliphatic hydroxyl groups is 6. The van der Waals surface area contributed by atoms with E-state index in [-0.39, 0.29) is 41.7 Å². The second-order valence-corrected chi connectivity index (χ2v) is 11.7. The Morgan fingerprint density at radius 2 is 1.23 bits per heavy atom. The Kier molecular flexibility index (Phi) is 8.16. The van der Waals surface area contributed by atoms with Crippen LogP contribution in [0.5, 0.6) is 0 Å². The Bertz CT molecular complexity index is 1220. The number of hydrogen-bond donors (Lipinski definition) is 6. The molecule has 2 aliphatic rings. The van der Waals surface area contributed by atoms with Gasteiger partial charge in [-0.25, -0.2) is 9.59 Å². The molecule has 40 heavy (non-hydrogen) atoms. The third-order valence-electron chi connectivity index (χ3n) is 8.08. The minimum atomic E-state index is -2.48. The topological polar surface area (TPSA) is 174 Å². The van der Waals surface area contributed by atoms with Gasteiger partial charge < -0.3 is 40.1 Å². The molecule has 0 radical (unpaired) electrons. The van der Waals surface area contributed by atoms with E-state index < -0.39 is 59.4 Å². The molecular weight excluding hydrogens is 520 g/mol. The fourth-order valence-electron chi connectivity index (χ4n) is 6.11. The molecule has 10 heteroatoms. The number of aliphatic hydroxyl groups excluding tert-OH is 3. The van der Waals surface area contributed by atoms with E-state index in [1.54, 1.807) is 0 Å². The Hall–Kier alpha value is -2.86. The van der Waals surface area contributed by atoms with E-state index in [9.17, 15) is 40.2 Å². The molecule has 2 fully saturated rings. The van der Waals surface area contributed by atoms with Crippen molar-refractivity contribution < 1.29 is 49.7 Å². The molecule has 2 saturated carbocycles. The van der Waals surface area contributed by atoms with Gasteiger partial charge in [-0.3, -0.25) is 0 Å². The van der Waals surface area contributed by atoms with E-state index in [2.05, 4.69) is 0 Å². The maximum Gasteiger partial charge on any atom is 0.338 e. The van der Waals surface area contributed by atoms with Crippen molar-refractivity contribution in [2.75, 3.05) is 19.8 Å². The zero-order valence-electron chi connectivity index (χ0n) is 23.0. The number of rotatable bonds is 10. The number of carbonyl (C=O) groups is 2. The van der Waals surface area contributed by atoms with Crippen LogP contribution in [-0.2, 0) is 9.47 Å². The summed E-state index contributed by atoms with van der Waals surface area (Å²) in [4.78, 5) is 24.6. The Balaban J connectivity index is 1.63. The Morgan fingerprint density at radius 1 is 0.800 bits per heavy atom. The number of benzene rings is 2. The lowest BCUT2D eigenvalue weighted by Gasteiger charge is -2.80. The lowest BCUT2D eigenvalue weighted by Crippen LogP contribution is -2.99. The number of hydrogen-bond acceptors (Lipinski definition) is 10. The molecule has 0 heterocycles. The summed E-state index contributed by atoms with van der Waals surface area (Å²) in [5.41, 5.74) is -6.25. The van der Waals surface area contributed by atoms with Gasteiger partial charge in [-0.05, 0) is 47.2 Å². The summed E-state index contributed by atoms with van der Waals surface area (Å²) < 4.78 is 10.4. The van der Waals surface area contributed by atoms with E-state index in [1.165, 1.54) is 48.5 Å². The first kappa shape index (κ1) is 30.1. The van der Waals surface area contributed by atoms with Crippen molar-refractivity contribution in [3.63, 3.8) is 0 Å². The highest BCUT2D eigenvalue weighted by molar-refractivity contribution is 5.90. The molecule has 0 saturated heterocycles. The molecule has 0 bridgehead atoms. The smallest absolute Gasteiger partial charge is 0.338 e. The minimum absolute atomic E-state index is 0.142. The molecule has 3 unspecified atom stereocenters. The monoisotopic (exact) mass is 558 g/mol. The lowest BCUT2D eigenvalue weighted by molar-refractivity contribution is -0.459. The van der Waals surface area contributed by atoms with Gasteiger partial charge >= 0.3 is 11.9 Å². The van der Waals surface area contributed by atoms with Crippen LogP contribution in [0.4, 0.5) is 0 Å². The second-order valence-electron chi connectivity index (χ2n) is 11.7. The van der Waals surface area contributed by atoms with Gasteiger partial charge in [0, 0.05) is 5.92 Å². The zero-order chi connectivity index (χ0) is 29.6. The fraction of sp³-hybridized carbons (Fsp3) is 0.533. The quantitative estimate of drug-likeness (QED) is 0.232. The average Bonchev–Trinajstić information content (AvgIpc) is 2.94. The van der Waals surface area contributed by atoms with Crippen LogP contribution in [0, 0.1) is 11.8 Å². The summed E-state index contributed by atoms with van der Waals surface area (Å²) in [5, 5.41) is 66.7.